The van der Waals surface area contributed by atoms with Gasteiger partial charge in [-0.25, -0.2) is 0 Å². The molecule has 1 heterocycles. The van der Waals surface area contributed by atoms with Gasteiger partial charge in [-0.15, -0.1) is 0 Å². The second kappa shape index (κ2) is 3.72. The van der Waals surface area contributed by atoms with E-state index in [1.807, 2.05) is 6.07 Å². The Morgan fingerprint density at radius 2 is 2.33 bits per heavy atom. The molecular formula is C12H19N3. The van der Waals surface area contributed by atoms with Crippen molar-refractivity contribution in [3.63, 3.8) is 0 Å². The molecule has 1 saturated carbocycles. The van der Waals surface area contributed by atoms with Crippen molar-refractivity contribution in [1.29, 1.82) is 0 Å². The van der Waals surface area contributed by atoms with E-state index in [9.17, 15) is 0 Å². The molecule has 0 radical (unpaired) electrons. The topological polar surface area (TPSA) is 50.9 Å². The van der Waals surface area contributed by atoms with Crippen LogP contribution in [0.1, 0.15) is 33.1 Å². The smallest absolute Gasteiger partial charge is 0.0736 e. The van der Waals surface area contributed by atoms with Crippen LogP contribution in [-0.4, -0.2) is 11.0 Å². The van der Waals surface area contributed by atoms with E-state index in [0.717, 1.165) is 11.4 Å². The molecule has 15 heavy (non-hydrogen) atoms. The highest BCUT2D eigenvalue weighted by atomic mass is 15.0. The van der Waals surface area contributed by atoms with Gasteiger partial charge in [-0.3, -0.25) is 4.98 Å². The van der Waals surface area contributed by atoms with E-state index in [0.29, 0.717) is 11.5 Å². The molecule has 82 valence electrons. The fraction of sp³-hybridized carbons (Fsp3) is 0.583. The number of nitrogens with two attached hydrogens (primary N) is 1. The second-order valence-corrected chi connectivity index (χ2v) is 5.04. The van der Waals surface area contributed by atoms with Gasteiger partial charge in [0.2, 0.25) is 0 Å². The van der Waals surface area contributed by atoms with Crippen molar-refractivity contribution in [3.05, 3.63) is 18.5 Å². The molecule has 0 saturated heterocycles. The number of nitrogens with one attached hydrogen (secondary N) is 1. The molecule has 1 aliphatic carbocycles. The summed E-state index contributed by atoms with van der Waals surface area (Å²) in [6.07, 6.45) is 7.30. The zero-order chi connectivity index (χ0) is 10.9. The summed E-state index contributed by atoms with van der Waals surface area (Å²) < 4.78 is 0. The number of hydrogen-bond donors (Lipinski definition) is 2. The summed E-state index contributed by atoms with van der Waals surface area (Å²) in [7, 11) is 0. The van der Waals surface area contributed by atoms with E-state index in [-0.39, 0.29) is 0 Å². The van der Waals surface area contributed by atoms with E-state index >= 15 is 0 Å². The van der Waals surface area contributed by atoms with E-state index < -0.39 is 0 Å². The molecule has 1 unspecified atom stereocenters. The van der Waals surface area contributed by atoms with Gasteiger partial charge in [-0.05, 0) is 24.3 Å². The van der Waals surface area contributed by atoms with Crippen LogP contribution >= 0.6 is 0 Å². The Kier molecular flexibility index (Phi) is 2.55. The lowest BCUT2D eigenvalue weighted by Gasteiger charge is -2.29. The summed E-state index contributed by atoms with van der Waals surface area (Å²) in [4.78, 5) is 3.99. The largest absolute Gasteiger partial charge is 0.396 e. The van der Waals surface area contributed by atoms with E-state index in [1.165, 1.54) is 19.3 Å². The van der Waals surface area contributed by atoms with Crippen molar-refractivity contribution in [1.82, 2.24) is 4.98 Å². The molecule has 0 bridgehead atoms. The summed E-state index contributed by atoms with van der Waals surface area (Å²) in [6.45, 7) is 4.63. The number of pyridine rings is 1. The fourth-order valence-electron chi connectivity index (χ4n) is 2.32. The Morgan fingerprint density at radius 1 is 1.53 bits per heavy atom. The molecule has 3 nitrogen and oxygen atoms in total. The fourth-order valence-corrected chi connectivity index (χ4v) is 2.32. The minimum absolute atomic E-state index is 0.371. The van der Waals surface area contributed by atoms with Crippen LogP contribution in [0.3, 0.4) is 0 Å². The molecule has 1 aromatic rings. The van der Waals surface area contributed by atoms with Gasteiger partial charge in [0.05, 0.1) is 17.6 Å². The van der Waals surface area contributed by atoms with Gasteiger partial charge >= 0.3 is 0 Å². The summed E-state index contributed by atoms with van der Waals surface area (Å²) in [5, 5.41) is 3.53. The van der Waals surface area contributed by atoms with Gasteiger partial charge in [-0.2, -0.15) is 0 Å². The molecule has 0 spiro atoms. The highest BCUT2D eigenvalue weighted by Gasteiger charge is 2.34. The molecule has 1 fully saturated rings. The number of rotatable bonds is 2. The van der Waals surface area contributed by atoms with Gasteiger partial charge in [0.25, 0.3) is 0 Å². The standard InChI is InChI=1S/C12H19N3/c1-12(2)6-3-4-11(12)15-10-5-7-14-8-9(10)13/h5,7-8,11H,3-4,6,13H2,1-2H3,(H,14,15). The zero-order valence-electron chi connectivity index (χ0n) is 9.46. The first-order valence-corrected chi connectivity index (χ1v) is 5.55. The first-order valence-electron chi connectivity index (χ1n) is 5.55. The molecule has 0 aliphatic heterocycles. The molecule has 0 aromatic carbocycles. The number of aromatic nitrogens is 1. The Labute approximate surface area is 91.1 Å². The number of anilines is 2. The van der Waals surface area contributed by atoms with Crippen molar-refractivity contribution in [2.45, 2.75) is 39.2 Å². The third-order valence-corrected chi connectivity index (χ3v) is 3.44. The molecule has 1 atom stereocenters. The van der Waals surface area contributed by atoms with E-state index in [4.69, 9.17) is 5.73 Å². The van der Waals surface area contributed by atoms with Crippen LogP contribution in [0.4, 0.5) is 11.4 Å². The van der Waals surface area contributed by atoms with Crippen LogP contribution in [0.2, 0.25) is 0 Å². The zero-order valence-corrected chi connectivity index (χ0v) is 9.46. The van der Waals surface area contributed by atoms with Gasteiger partial charge < -0.3 is 11.1 Å². The molecule has 2 rings (SSSR count). The highest BCUT2D eigenvalue weighted by Crippen LogP contribution is 2.39. The van der Waals surface area contributed by atoms with Crippen molar-refractivity contribution >= 4 is 11.4 Å². The molecule has 0 amide bonds. The first kappa shape index (κ1) is 10.3. The summed E-state index contributed by atoms with van der Waals surface area (Å²) in [5.74, 6) is 0. The van der Waals surface area contributed by atoms with Crippen LogP contribution < -0.4 is 11.1 Å². The number of hydrogen-bond acceptors (Lipinski definition) is 3. The van der Waals surface area contributed by atoms with Crippen molar-refractivity contribution in [2.24, 2.45) is 5.41 Å². The lowest BCUT2D eigenvalue weighted by molar-refractivity contribution is 0.350. The third kappa shape index (κ3) is 2.06. The van der Waals surface area contributed by atoms with Crippen molar-refractivity contribution < 1.29 is 0 Å². The van der Waals surface area contributed by atoms with Crippen LogP contribution in [0.5, 0.6) is 0 Å². The van der Waals surface area contributed by atoms with E-state index in [1.54, 1.807) is 12.4 Å². The average Bonchev–Trinajstić information content (AvgIpc) is 2.50. The van der Waals surface area contributed by atoms with Gasteiger partial charge in [-0.1, -0.05) is 20.3 Å². The summed E-state index contributed by atoms with van der Waals surface area (Å²) in [5.41, 5.74) is 7.99. The minimum Gasteiger partial charge on any atom is -0.396 e. The summed E-state index contributed by atoms with van der Waals surface area (Å²) >= 11 is 0. The lowest BCUT2D eigenvalue weighted by Crippen LogP contribution is -2.31. The highest BCUT2D eigenvalue weighted by molar-refractivity contribution is 5.64. The number of nitrogen functional groups attached to an aromatic ring is 1. The number of nitrogens with zero attached hydrogens (tertiary/aromatic N) is 1. The lowest BCUT2D eigenvalue weighted by atomic mass is 9.87. The van der Waals surface area contributed by atoms with Crippen LogP contribution in [-0.2, 0) is 0 Å². The maximum absolute atomic E-state index is 5.86. The second-order valence-electron chi connectivity index (χ2n) is 5.04. The monoisotopic (exact) mass is 205 g/mol. The van der Waals surface area contributed by atoms with Crippen molar-refractivity contribution in [2.75, 3.05) is 11.1 Å². The average molecular weight is 205 g/mol. The van der Waals surface area contributed by atoms with Crippen LogP contribution in [0.15, 0.2) is 18.5 Å². The normalized spacial score (nSPS) is 24.0. The minimum atomic E-state index is 0.371. The van der Waals surface area contributed by atoms with Gasteiger partial charge in [0, 0.05) is 12.2 Å². The first-order chi connectivity index (χ1) is 7.09. The van der Waals surface area contributed by atoms with Gasteiger partial charge in [0.1, 0.15) is 0 Å². The predicted octanol–water partition coefficient (Wildman–Crippen LogP) is 2.65. The molecule has 1 aromatic heterocycles. The van der Waals surface area contributed by atoms with Crippen molar-refractivity contribution in [3.8, 4) is 0 Å². The Hall–Kier alpha value is -1.25. The molecule has 1 aliphatic rings. The predicted molar refractivity (Wildman–Crippen MR) is 63.7 cm³/mol. The maximum atomic E-state index is 5.86. The van der Waals surface area contributed by atoms with Crippen LogP contribution in [0, 0.1) is 5.41 Å². The maximum Gasteiger partial charge on any atom is 0.0736 e. The Balaban J connectivity index is 2.12. The Morgan fingerprint density at radius 3 is 2.93 bits per heavy atom. The summed E-state index contributed by atoms with van der Waals surface area (Å²) in [6, 6.07) is 2.48. The molecule has 3 N–H and O–H groups in total. The Bertz CT molecular complexity index is 346. The molecule has 3 heteroatoms. The van der Waals surface area contributed by atoms with Crippen LogP contribution in [0.25, 0.3) is 0 Å². The van der Waals surface area contributed by atoms with E-state index in [2.05, 4.69) is 24.1 Å². The van der Waals surface area contributed by atoms with Gasteiger partial charge in [0.15, 0.2) is 0 Å². The third-order valence-electron chi connectivity index (χ3n) is 3.44. The SMILES string of the molecule is CC1(C)CCCC1Nc1ccncc1N. The quantitative estimate of drug-likeness (QED) is 0.780. The molecular weight excluding hydrogens is 186 g/mol.